The van der Waals surface area contributed by atoms with Gasteiger partial charge in [0, 0.05) is 11.7 Å². The normalized spacial score (nSPS) is 14.1. The van der Waals surface area contributed by atoms with Crippen LogP contribution in [0.4, 0.5) is 18.9 Å². The SMILES string of the molecule is CC(CC(F)(F)F)n1cnc2cc(N)ccc21. The van der Waals surface area contributed by atoms with E-state index < -0.39 is 18.6 Å². The van der Waals surface area contributed by atoms with Crippen LogP contribution >= 0.6 is 0 Å². The summed E-state index contributed by atoms with van der Waals surface area (Å²) < 4.78 is 38.4. The van der Waals surface area contributed by atoms with E-state index in [9.17, 15) is 13.2 Å². The minimum Gasteiger partial charge on any atom is -0.399 e. The van der Waals surface area contributed by atoms with Gasteiger partial charge in [0.15, 0.2) is 0 Å². The molecule has 0 fully saturated rings. The molecule has 1 aromatic heterocycles. The number of imidazole rings is 1. The van der Waals surface area contributed by atoms with E-state index in [0.29, 0.717) is 16.7 Å². The second kappa shape index (κ2) is 3.94. The maximum atomic E-state index is 12.3. The van der Waals surface area contributed by atoms with Crippen molar-refractivity contribution in [3.8, 4) is 0 Å². The number of nitrogens with two attached hydrogens (primary N) is 1. The summed E-state index contributed by atoms with van der Waals surface area (Å²) in [7, 11) is 0. The maximum absolute atomic E-state index is 12.3. The van der Waals surface area contributed by atoms with Gasteiger partial charge in [0.25, 0.3) is 0 Å². The van der Waals surface area contributed by atoms with Crippen molar-refractivity contribution < 1.29 is 13.2 Å². The third-order valence-electron chi connectivity index (χ3n) is 2.60. The summed E-state index contributed by atoms with van der Waals surface area (Å²) in [6.07, 6.45) is -3.63. The van der Waals surface area contributed by atoms with Crippen molar-refractivity contribution in [1.29, 1.82) is 0 Å². The van der Waals surface area contributed by atoms with Crippen LogP contribution in [0.15, 0.2) is 24.5 Å². The average molecular weight is 243 g/mol. The van der Waals surface area contributed by atoms with Gasteiger partial charge < -0.3 is 10.3 Å². The van der Waals surface area contributed by atoms with Gasteiger partial charge in [0.2, 0.25) is 0 Å². The Morgan fingerprint density at radius 1 is 1.41 bits per heavy atom. The average Bonchev–Trinajstić information content (AvgIpc) is 2.57. The van der Waals surface area contributed by atoms with Crippen LogP contribution in [0, 0.1) is 0 Å². The van der Waals surface area contributed by atoms with Gasteiger partial charge in [0.1, 0.15) is 0 Å². The highest BCUT2D eigenvalue weighted by atomic mass is 19.4. The molecule has 0 aliphatic rings. The third kappa shape index (κ3) is 2.51. The zero-order valence-corrected chi connectivity index (χ0v) is 9.20. The number of alkyl halides is 3. The molecule has 1 unspecified atom stereocenters. The molecular formula is C11H12F3N3. The van der Waals surface area contributed by atoms with Gasteiger partial charge in [-0.05, 0) is 25.1 Å². The molecule has 0 aliphatic heterocycles. The lowest BCUT2D eigenvalue weighted by Crippen LogP contribution is -2.15. The van der Waals surface area contributed by atoms with Gasteiger partial charge in [0.05, 0.1) is 23.8 Å². The smallest absolute Gasteiger partial charge is 0.391 e. The van der Waals surface area contributed by atoms with Crippen LogP contribution in [0.25, 0.3) is 11.0 Å². The largest absolute Gasteiger partial charge is 0.399 e. The minimum atomic E-state index is -4.18. The molecule has 2 N–H and O–H groups in total. The maximum Gasteiger partial charge on any atom is 0.391 e. The van der Waals surface area contributed by atoms with Crippen LogP contribution in [-0.4, -0.2) is 15.7 Å². The first-order valence-corrected chi connectivity index (χ1v) is 5.15. The Hall–Kier alpha value is -1.72. The lowest BCUT2D eigenvalue weighted by molar-refractivity contribution is -0.141. The Kier molecular flexibility index (Phi) is 2.73. The number of hydrogen-bond donors (Lipinski definition) is 1. The molecule has 3 nitrogen and oxygen atoms in total. The summed E-state index contributed by atoms with van der Waals surface area (Å²) in [5.74, 6) is 0. The molecule has 92 valence electrons. The van der Waals surface area contributed by atoms with E-state index in [0.717, 1.165) is 0 Å². The third-order valence-corrected chi connectivity index (χ3v) is 2.60. The van der Waals surface area contributed by atoms with Gasteiger partial charge in [-0.1, -0.05) is 0 Å². The number of aromatic nitrogens is 2. The first-order valence-electron chi connectivity index (χ1n) is 5.15. The lowest BCUT2D eigenvalue weighted by Gasteiger charge is -2.16. The van der Waals surface area contributed by atoms with Crippen molar-refractivity contribution in [3.63, 3.8) is 0 Å². The number of rotatable bonds is 2. The Morgan fingerprint density at radius 3 is 2.76 bits per heavy atom. The first-order chi connectivity index (χ1) is 7.87. The van der Waals surface area contributed by atoms with Gasteiger partial charge in [-0.2, -0.15) is 13.2 Å². The molecule has 2 aromatic rings. The van der Waals surface area contributed by atoms with E-state index in [-0.39, 0.29) is 0 Å². The number of anilines is 1. The summed E-state index contributed by atoms with van der Waals surface area (Å²) in [6, 6.07) is 4.31. The van der Waals surface area contributed by atoms with Crippen LogP contribution in [0.1, 0.15) is 19.4 Å². The van der Waals surface area contributed by atoms with Gasteiger partial charge in [-0.25, -0.2) is 4.98 Å². The molecule has 1 heterocycles. The predicted octanol–water partition coefficient (Wildman–Crippen LogP) is 3.13. The van der Waals surface area contributed by atoms with Crippen molar-refractivity contribution in [2.24, 2.45) is 0 Å². The highest BCUT2D eigenvalue weighted by molar-refractivity contribution is 5.79. The van der Waals surface area contributed by atoms with Gasteiger partial charge >= 0.3 is 6.18 Å². The topological polar surface area (TPSA) is 43.8 Å². The number of halogens is 3. The Labute approximate surface area is 96.0 Å². The summed E-state index contributed by atoms with van der Waals surface area (Å²) in [6.45, 7) is 1.52. The first kappa shape index (κ1) is 11.8. The second-order valence-corrected chi connectivity index (χ2v) is 4.07. The van der Waals surface area contributed by atoms with Crippen LogP contribution < -0.4 is 5.73 Å². The van der Waals surface area contributed by atoms with E-state index in [1.54, 1.807) is 18.2 Å². The summed E-state index contributed by atoms with van der Waals surface area (Å²) >= 11 is 0. The van der Waals surface area contributed by atoms with Crippen molar-refractivity contribution >= 4 is 16.7 Å². The summed E-state index contributed by atoms with van der Waals surface area (Å²) in [5.41, 5.74) is 7.40. The molecule has 2 rings (SSSR count). The fraction of sp³-hybridized carbons (Fsp3) is 0.364. The van der Waals surface area contributed by atoms with Crippen LogP contribution in [-0.2, 0) is 0 Å². The lowest BCUT2D eigenvalue weighted by atomic mass is 10.2. The van der Waals surface area contributed by atoms with E-state index in [4.69, 9.17) is 5.73 Å². The van der Waals surface area contributed by atoms with Crippen molar-refractivity contribution in [2.45, 2.75) is 25.6 Å². The zero-order chi connectivity index (χ0) is 12.6. The number of fused-ring (bicyclic) bond motifs is 1. The highest BCUT2D eigenvalue weighted by Gasteiger charge is 2.31. The van der Waals surface area contributed by atoms with Crippen LogP contribution in [0.5, 0.6) is 0 Å². The molecule has 0 radical (unpaired) electrons. The van der Waals surface area contributed by atoms with Crippen molar-refractivity contribution in [2.75, 3.05) is 5.73 Å². The molecule has 1 atom stereocenters. The Balaban J connectivity index is 2.36. The van der Waals surface area contributed by atoms with Crippen molar-refractivity contribution in [1.82, 2.24) is 9.55 Å². The van der Waals surface area contributed by atoms with E-state index in [1.807, 2.05) is 0 Å². The molecule has 0 saturated carbocycles. The Bertz CT molecular complexity index is 530. The molecule has 6 heteroatoms. The highest BCUT2D eigenvalue weighted by Crippen LogP contribution is 2.29. The minimum absolute atomic E-state index is 0.547. The van der Waals surface area contributed by atoms with Crippen LogP contribution in [0.2, 0.25) is 0 Å². The number of nitrogen functional groups attached to an aromatic ring is 1. The quantitative estimate of drug-likeness (QED) is 0.823. The molecule has 0 amide bonds. The molecule has 0 saturated heterocycles. The standard InChI is InChI=1S/C11H12F3N3/c1-7(5-11(12,13)14)17-6-16-9-4-8(15)2-3-10(9)17/h2-4,6-7H,5,15H2,1H3. The molecule has 1 aromatic carbocycles. The van der Waals surface area contributed by atoms with Gasteiger partial charge in [-0.3, -0.25) is 0 Å². The molecule has 0 bridgehead atoms. The molecule has 0 spiro atoms. The van der Waals surface area contributed by atoms with E-state index in [2.05, 4.69) is 4.98 Å². The fourth-order valence-electron chi connectivity index (χ4n) is 1.83. The number of hydrogen-bond acceptors (Lipinski definition) is 2. The molecule has 0 aliphatic carbocycles. The van der Waals surface area contributed by atoms with Crippen molar-refractivity contribution in [3.05, 3.63) is 24.5 Å². The number of nitrogens with zero attached hydrogens (tertiary/aromatic N) is 2. The van der Waals surface area contributed by atoms with Gasteiger partial charge in [-0.15, -0.1) is 0 Å². The Morgan fingerprint density at radius 2 is 2.12 bits per heavy atom. The molecule has 17 heavy (non-hydrogen) atoms. The molecular weight excluding hydrogens is 231 g/mol. The second-order valence-electron chi connectivity index (χ2n) is 4.07. The van der Waals surface area contributed by atoms with Crippen LogP contribution in [0.3, 0.4) is 0 Å². The van der Waals surface area contributed by atoms with E-state index >= 15 is 0 Å². The summed E-state index contributed by atoms with van der Waals surface area (Å²) in [5, 5.41) is 0. The summed E-state index contributed by atoms with van der Waals surface area (Å²) in [4.78, 5) is 4.05. The monoisotopic (exact) mass is 243 g/mol. The fourth-order valence-corrected chi connectivity index (χ4v) is 1.83. The number of benzene rings is 1. The predicted molar refractivity (Wildman–Crippen MR) is 59.5 cm³/mol. The zero-order valence-electron chi connectivity index (χ0n) is 9.20. The van der Waals surface area contributed by atoms with E-state index in [1.165, 1.54) is 17.8 Å².